The average Bonchev–Trinajstić information content (AvgIpc) is 2.29. The van der Waals surface area contributed by atoms with Gasteiger partial charge in [0, 0.05) is 16.5 Å². The summed E-state index contributed by atoms with van der Waals surface area (Å²) >= 11 is 0. The van der Waals surface area contributed by atoms with Crippen LogP contribution < -0.4 is 0 Å². The zero-order valence-corrected chi connectivity index (χ0v) is 9.74. The third-order valence-corrected chi connectivity index (χ3v) is 4.48. The lowest BCUT2D eigenvalue weighted by atomic mass is 10.1. The van der Waals surface area contributed by atoms with E-state index >= 15 is 0 Å². The lowest BCUT2D eigenvalue weighted by Crippen LogP contribution is -2.01. The number of aromatic hydroxyl groups is 1. The van der Waals surface area contributed by atoms with Crippen LogP contribution in [0.15, 0.2) is 41.3 Å². The Bertz CT molecular complexity index is 523. The predicted octanol–water partition coefficient (Wildman–Crippen LogP) is 3.67. The van der Waals surface area contributed by atoms with Crippen molar-refractivity contribution in [3.8, 4) is 5.75 Å². The lowest BCUT2D eigenvalue weighted by Gasteiger charge is -2.32. The molecule has 3 nitrogen and oxygen atoms in total. The first-order chi connectivity index (χ1) is 7.56. The normalized spacial score (nSPS) is 12.9. The zero-order valence-electron chi connectivity index (χ0n) is 8.92. The van der Waals surface area contributed by atoms with Gasteiger partial charge in [-0.05, 0) is 19.1 Å². The van der Waals surface area contributed by atoms with E-state index in [-0.39, 0.29) is 11.5 Å². The maximum Gasteiger partial charge on any atom is 0.123 e. The van der Waals surface area contributed by atoms with E-state index in [2.05, 4.69) is 0 Å². The minimum atomic E-state index is -2.75. The van der Waals surface area contributed by atoms with Gasteiger partial charge in [-0.25, -0.2) is 0 Å². The molecule has 2 rings (SSSR count). The summed E-state index contributed by atoms with van der Waals surface area (Å²) in [5.74, 6) is 0.438. The molecule has 0 heterocycles. The quantitative estimate of drug-likeness (QED) is 0.748. The van der Waals surface area contributed by atoms with Crippen LogP contribution in [0.3, 0.4) is 0 Å². The van der Waals surface area contributed by atoms with Gasteiger partial charge in [-0.2, -0.15) is 10.6 Å². The van der Waals surface area contributed by atoms with E-state index < -0.39 is 10.6 Å². The number of hydrogen-bond acceptors (Lipinski definition) is 3. The number of hydrogen-bond donors (Lipinski definition) is 3. The van der Waals surface area contributed by atoms with Gasteiger partial charge >= 0.3 is 0 Å². The first kappa shape index (κ1) is 11.3. The summed E-state index contributed by atoms with van der Waals surface area (Å²) in [5.41, 5.74) is 0. The minimum absolute atomic E-state index is 0.158. The Morgan fingerprint density at radius 2 is 1.62 bits per heavy atom. The number of benzene rings is 2. The van der Waals surface area contributed by atoms with Crippen molar-refractivity contribution in [3.05, 3.63) is 36.4 Å². The summed E-state index contributed by atoms with van der Waals surface area (Å²) in [5, 5.41) is 11.0. The van der Waals surface area contributed by atoms with Crippen LogP contribution in [0.2, 0.25) is 0 Å². The molecule has 0 atom stereocenters. The van der Waals surface area contributed by atoms with Gasteiger partial charge in [0.05, 0.1) is 4.90 Å². The van der Waals surface area contributed by atoms with E-state index in [0.29, 0.717) is 15.7 Å². The highest BCUT2D eigenvalue weighted by molar-refractivity contribution is 8.24. The van der Waals surface area contributed by atoms with Gasteiger partial charge in [-0.15, -0.1) is 0 Å². The van der Waals surface area contributed by atoms with E-state index in [1.54, 1.807) is 25.1 Å². The number of phenolic OH excluding ortho intramolecular Hbond substituents is 1. The molecule has 2 aromatic carbocycles. The highest BCUT2D eigenvalue weighted by atomic mass is 32.3. The Morgan fingerprint density at radius 3 is 2.25 bits per heavy atom. The molecule has 0 saturated heterocycles. The van der Waals surface area contributed by atoms with Gasteiger partial charge in [0.1, 0.15) is 5.75 Å². The van der Waals surface area contributed by atoms with Gasteiger partial charge < -0.3 is 5.11 Å². The summed E-state index contributed by atoms with van der Waals surface area (Å²) in [6.45, 7) is 1.73. The lowest BCUT2D eigenvalue weighted by molar-refractivity contribution is 0.480. The largest absolute Gasteiger partial charge is 0.507 e. The van der Waals surface area contributed by atoms with Gasteiger partial charge in [0.15, 0.2) is 0 Å². The molecule has 3 N–H and O–H groups in total. The highest BCUT2D eigenvalue weighted by Crippen LogP contribution is 2.51. The van der Waals surface area contributed by atoms with Crippen LogP contribution in [-0.4, -0.2) is 20.0 Å². The van der Waals surface area contributed by atoms with Crippen LogP contribution in [0.4, 0.5) is 0 Å². The molecular formula is C12H14O3S. The first-order valence-corrected chi connectivity index (χ1v) is 6.74. The second-order valence-electron chi connectivity index (χ2n) is 3.58. The highest BCUT2D eigenvalue weighted by Gasteiger charge is 2.17. The Labute approximate surface area is 95.7 Å². The van der Waals surface area contributed by atoms with Crippen LogP contribution >= 0.6 is 10.6 Å². The second-order valence-corrected chi connectivity index (χ2v) is 5.93. The van der Waals surface area contributed by atoms with Crippen LogP contribution in [0.5, 0.6) is 5.75 Å². The molecule has 0 amide bonds. The number of rotatable bonds is 2. The number of fused-ring (bicyclic) bond motifs is 1. The summed E-state index contributed by atoms with van der Waals surface area (Å²) in [6, 6.07) is 10.3. The molecule has 0 fully saturated rings. The van der Waals surface area contributed by atoms with Gasteiger partial charge in [-0.3, -0.25) is 9.11 Å². The van der Waals surface area contributed by atoms with Gasteiger partial charge in [0.25, 0.3) is 0 Å². The molecule has 16 heavy (non-hydrogen) atoms. The summed E-state index contributed by atoms with van der Waals surface area (Å²) in [7, 11) is -2.75. The topological polar surface area (TPSA) is 60.7 Å². The van der Waals surface area contributed by atoms with E-state index in [4.69, 9.17) is 0 Å². The fourth-order valence-corrected chi connectivity index (χ4v) is 2.82. The van der Waals surface area contributed by atoms with Crippen molar-refractivity contribution in [1.29, 1.82) is 0 Å². The monoisotopic (exact) mass is 238 g/mol. The molecule has 86 valence electrons. The summed E-state index contributed by atoms with van der Waals surface area (Å²) < 4.78 is 19.9. The van der Waals surface area contributed by atoms with E-state index in [0.717, 1.165) is 0 Å². The second kappa shape index (κ2) is 3.97. The maximum atomic E-state index is 9.94. The minimum Gasteiger partial charge on any atom is -0.507 e. The van der Waals surface area contributed by atoms with Crippen LogP contribution in [0, 0.1) is 0 Å². The molecule has 0 aliphatic carbocycles. The third-order valence-electron chi connectivity index (χ3n) is 2.62. The molecule has 0 bridgehead atoms. The molecular weight excluding hydrogens is 224 g/mol. The Hall–Kier alpha value is -1.23. The fourth-order valence-electron chi connectivity index (χ4n) is 1.70. The van der Waals surface area contributed by atoms with Crippen molar-refractivity contribution in [2.75, 3.05) is 5.75 Å². The molecule has 0 aliphatic heterocycles. The summed E-state index contributed by atoms with van der Waals surface area (Å²) in [4.78, 5) is 0.503. The molecule has 2 aromatic rings. The van der Waals surface area contributed by atoms with Crippen molar-refractivity contribution >= 4 is 21.4 Å². The van der Waals surface area contributed by atoms with Crippen LogP contribution in [0.25, 0.3) is 10.8 Å². The molecule has 0 saturated carbocycles. The Kier molecular flexibility index (Phi) is 2.80. The smallest absolute Gasteiger partial charge is 0.123 e. The van der Waals surface area contributed by atoms with Crippen molar-refractivity contribution < 1.29 is 14.2 Å². The van der Waals surface area contributed by atoms with Crippen LogP contribution in [0.1, 0.15) is 6.92 Å². The molecule has 0 aromatic heterocycles. The number of phenols is 1. The maximum absolute atomic E-state index is 9.94. The van der Waals surface area contributed by atoms with Crippen molar-refractivity contribution in [2.45, 2.75) is 11.8 Å². The van der Waals surface area contributed by atoms with E-state index in [1.807, 2.05) is 12.1 Å². The molecule has 4 heteroatoms. The SMILES string of the molecule is CCS(O)(O)c1ccc(O)c2ccccc12. The Morgan fingerprint density at radius 1 is 1.00 bits per heavy atom. The van der Waals surface area contributed by atoms with Gasteiger partial charge in [0.2, 0.25) is 0 Å². The first-order valence-electron chi connectivity index (χ1n) is 5.03. The predicted molar refractivity (Wildman–Crippen MR) is 67.3 cm³/mol. The standard InChI is InChI=1S/C12H14O3S/c1-2-16(14,15)12-8-7-11(13)9-5-3-4-6-10(9)12/h3-8,13-15H,2H2,1H3. The van der Waals surface area contributed by atoms with Crippen molar-refractivity contribution in [1.82, 2.24) is 0 Å². The van der Waals surface area contributed by atoms with Crippen molar-refractivity contribution in [2.24, 2.45) is 0 Å². The fraction of sp³-hybridized carbons (Fsp3) is 0.167. The average molecular weight is 238 g/mol. The van der Waals surface area contributed by atoms with E-state index in [9.17, 15) is 14.2 Å². The molecule has 0 aliphatic rings. The van der Waals surface area contributed by atoms with Crippen molar-refractivity contribution in [3.63, 3.8) is 0 Å². The zero-order chi connectivity index (χ0) is 11.8. The van der Waals surface area contributed by atoms with Crippen LogP contribution in [-0.2, 0) is 0 Å². The molecule has 0 unspecified atom stereocenters. The third kappa shape index (κ3) is 1.75. The van der Waals surface area contributed by atoms with Gasteiger partial charge in [-0.1, -0.05) is 24.3 Å². The Balaban J connectivity index is 2.77. The molecule has 0 spiro atoms. The summed E-state index contributed by atoms with van der Waals surface area (Å²) in [6.07, 6.45) is 0. The van der Waals surface area contributed by atoms with E-state index in [1.165, 1.54) is 6.07 Å². The molecule has 0 radical (unpaired) electrons.